The Bertz CT molecular complexity index is 1060. The molecule has 0 N–H and O–H groups in total. The summed E-state index contributed by atoms with van der Waals surface area (Å²) in [7, 11) is -0.691. The Balaban J connectivity index is 1.59. The highest BCUT2D eigenvalue weighted by atomic mass is 32.2. The fourth-order valence-electron chi connectivity index (χ4n) is 3.68. The molecular weight excluding hydrogens is 442 g/mol. The number of sulfonamides is 1. The van der Waals surface area contributed by atoms with E-state index in [1.54, 1.807) is 23.1 Å². The van der Waals surface area contributed by atoms with Crippen LogP contribution in [-0.4, -0.2) is 83.9 Å². The van der Waals surface area contributed by atoms with E-state index < -0.39 is 10.0 Å². The summed E-state index contributed by atoms with van der Waals surface area (Å²) in [6, 6.07) is 14.9. The van der Waals surface area contributed by atoms with Gasteiger partial charge in [0.05, 0.1) is 26.2 Å². The van der Waals surface area contributed by atoms with Crippen molar-refractivity contribution in [1.29, 1.82) is 0 Å². The van der Waals surface area contributed by atoms with Gasteiger partial charge in [-0.25, -0.2) is 8.42 Å². The van der Waals surface area contributed by atoms with Crippen LogP contribution in [0.2, 0.25) is 0 Å². The number of anilines is 1. The second-order valence-electron chi connectivity index (χ2n) is 7.80. The Kier molecular flexibility index (Phi) is 8.35. The van der Waals surface area contributed by atoms with Crippen LogP contribution in [0, 0.1) is 0 Å². The number of ether oxygens (including phenoxy) is 2. The molecule has 1 heterocycles. The maximum Gasteiger partial charge on any atom is 0.243 e. The van der Waals surface area contributed by atoms with Crippen LogP contribution in [-0.2, 0) is 14.8 Å². The Morgan fingerprint density at radius 2 is 1.67 bits per heavy atom. The first-order valence-corrected chi connectivity index (χ1v) is 12.6. The second-order valence-corrected chi connectivity index (χ2v) is 9.71. The van der Waals surface area contributed by atoms with E-state index in [9.17, 15) is 13.2 Å². The lowest BCUT2D eigenvalue weighted by Crippen LogP contribution is -2.51. The van der Waals surface area contributed by atoms with E-state index in [-0.39, 0.29) is 12.5 Å². The molecule has 33 heavy (non-hydrogen) atoms. The van der Waals surface area contributed by atoms with E-state index >= 15 is 0 Å². The van der Waals surface area contributed by atoms with E-state index in [1.807, 2.05) is 18.2 Å². The van der Waals surface area contributed by atoms with Crippen LogP contribution in [0.25, 0.3) is 6.08 Å². The number of hydrogen-bond acceptors (Lipinski definition) is 6. The van der Waals surface area contributed by atoms with Gasteiger partial charge >= 0.3 is 0 Å². The number of carbonyl (C=O) groups excluding carboxylic acids is 1. The summed E-state index contributed by atoms with van der Waals surface area (Å²) < 4.78 is 36.5. The van der Waals surface area contributed by atoms with Crippen molar-refractivity contribution in [2.24, 2.45) is 0 Å². The minimum absolute atomic E-state index is 0.227. The minimum atomic E-state index is -3.68. The number of piperazine rings is 1. The Morgan fingerprint density at radius 1 is 1.00 bits per heavy atom. The van der Waals surface area contributed by atoms with Crippen molar-refractivity contribution >= 4 is 27.7 Å². The molecule has 2 aromatic rings. The molecule has 0 atom stereocenters. The van der Waals surface area contributed by atoms with Gasteiger partial charge in [0.25, 0.3) is 0 Å². The van der Waals surface area contributed by atoms with Gasteiger partial charge < -0.3 is 14.4 Å². The van der Waals surface area contributed by atoms with Crippen LogP contribution in [0.3, 0.4) is 0 Å². The SMILES string of the molecule is COc1ccc(N(CC(=O)N2CCN(C/C=C/c3ccccc3)CC2)S(C)(=O)=O)cc1OC. The lowest BCUT2D eigenvalue weighted by molar-refractivity contribution is -0.131. The number of rotatable bonds is 9. The fourth-order valence-corrected chi connectivity index (χ4v) is 4.53. The lowest BCUT2D eigenvalue weighted by Gasteiger charge is -2.35. The normalized spacial score (nSPS) is 14.9. The third-order valence-electron chi connectivity index (χ3n) is 5.53. The predicted molar refractivity (Wildman–Crippen MR) is 130 cm³/mol. The maximum absolute atomic E-state index is 12.9. The molecule has 1 fully saturated rings. The average Bonchev–Trinajstić information content (AvgIpc) is 2.82. The number of benzene rings is 2. The highest BCUT2D eigenvalue weighted by Crippen LogP contribution is 2.32. The monoisotopic (exact) mass is 473 g/mol. The highest BCUT2D eigenvalue weighted by Gasteiger charge is 2.27. The Hall–Kier alpha value is -3.04. The van der Waals surface area contributed by atoms with Gasteiger partial charge in [0.2, 0.25) is 15.9 Å². The highest BCUT2D eigenvalue weighted by molar-refractivity contribution is 7.92. The summed E-state index contributed by atoms with van der Waals surface area (Å²) in [6.07, 6.45) is 5.30. The van der Waals surface area contributed by atoms with Crippen LogP contribution < -0.4 is 13.8 Å². The zero-order valence-electron chi connectivity index (χ0n) is 19.3. The summed E-state index contributed by atoms with van der Waals surface area (Å²) in [5.74, 6) is 0.654. The maximum atomic E-state index is 12.9. The third kappa shape index (κ3) is 6.72. The van der Waals surface area contributed by atoms with Crippen LogP contribution >= 0.6 is 0 Å². The molecule has 0 aromatic heterocycles. The first-order chi connectivity index (χ1) is 15.8. The van der Waals surface area contributed by atoms with Crippen molar-refractivity contribution in [3.05, 3.63) is 60.2 Å². The van der Waals surface area contributed by atoms with E-state index in [0.717, 1.165) is 35.8 Å². The van der Waals surface area contributed by atoms with Gasteiger partial charge in [-0.1, -0.05) is 42.5 Å². The summed E-state index contributed by atoms with van der Waals surface area (Å²) in [5.41, 5.74) is 1.51. The first-order valence-electron chi connectivity index (χ1n) is 10.7. The van der Waals surface area contributed by atoms with E-state index in [1.165, 1.54) is 14.2 Å². The van der Waals surface area contributed by atoms with E-state index in [0.29, 0.717) is 30.3 Å². The van der Waals surface area contributed by atoms with Crippen molar-refractivity contribution in [2.45, 2.75) is 0 Å². The van der Waals surface area contributed by atoms with Gasteiger partial charge in [0.1, 0.15) is 6.54 Å². The molecule has 0 spiro atoms. The average molecular weight is 474 g/mol. The number of carbonyl (C=O) groups is 1. The minimum Gasteiger partial charge on any atom is -0.493 e. The standard InChI is InChI=1S/C24H31N3O5S/c1-31-22-12-11-21(18-23(22)32-2)27(33(3,29)30)19-24(28)26-16-14-25(15-17-26)13-7-10-20-8-5-4-6-9-20/h4-12,18H,13-17,19H2,1-3H3/b10-7+. The molecule has 1 saturated heterocycles. The molecule has 0 aliphatic carbocycles. The van der Waals surface area contributed by atoms with Crippen molar-refractivity contribution in [3.8, 4) is 11.5 Å². The summed E-state index contributed by atoms with van der Waals surface area (Å²) >= 11 is 0. The molecule has 178 valence electrons. The van der Waals surface area contributed by atoms with Crippen molar-refractivity contribution in [3.63, 3.8) is 0 Å². The number of amides is 1. The Labute approximate surface area is 196 Å². The zero-order chi connectivity index (χ0) is 23.8. The van der Waals surface area contributed by atoms with Gasteiger partial charge in [-0.3, -0.25) is 14.0 Å². The van der Waals surface area contributed by atoms with Gasteiger partial charge in [0.15, 0.2) is 11.5 Å². The van der Waals surface area contributed by atoms with Crippen LogP contribution in [0.4, 0.5) is 5.69 Å². The molecule has 1 aliphatic heterocycles. The summed E-state index contributed by atoms with van der Waals surface area (Å²) in [6.45, 7) is 3.13. The van der Waals surface area contributed by atoms with E-state index in [2.05, 4.69) is 29.2 Å². The third-order valence-corrected chi connectivity index (χ3v) is 6.67. The van der Waals surface area contributed by atoms with Crippen LogP contribution in [0.15, 0.2) is 54.6 Å². The molecular formula is C24H31N3O5S. The Morgan fingerprint density at radius 3 is 2.27 bits per heavy atom. The van der Waals surface area contributed by atoms with Crippen LogP contribution in [0.1, 0.15) is 5.56 Å². The molecule has 8 nitrogen and oxygen atoms in total. The summed E-state index contributed by atoms with van der Waals surface area (Å²) in [5, 5.41) is 0. The summed E-state index contributed by atoms with van der Waals surface area (Å²) in [4.78, 5) is 16.9. The molecule has 1 aliphatic rings. The number of nitrogens with zero attached hydrogens (tertiary/aromatic N) is 3. The van der Waals surface area contributed by atoms with Crippen molar-refractivity contribution in [1.82, 2.24) is 9.80 Å². The van der Waals surface area contributed by atoms with Gasteiger partial charge in [-0.05, 0) is 17.7 Å². The smallest absolute Gasteiger partial charge is 0.243 e. The van der Waals surface area contributed by atoms with E-state index in [4.69, 9.17) is 9.47 Å². The number of methoxy groups -OCH3 is 2. The van der Waals surface area contributed by atoms with Crippen LogP contribution in [0.5, 0.6) is 11.5 Å². The quantitative estimate of drug-likeness (QED) is 0.556. The molecule has 0 saturated carbocycles. The molecule has 1 amide bonds. The first kappa shape index (κ1) is 24.6. The largest absolute Gasteiger partial charge is 0.493 e. The molecule has 9 heteroatoms. The van der Waals surface area contributed by atoms with Gasteiger partial charge in [0, 0.05) is 38.8 Å². The molecule has 2 aromatic carbocycles. The number of hydrogen-bond donors (Lipinski definition) is 0. The topological polar surface area (TPSA) is 79.4 Å². The zero-order valence-corrected chi connectivity index (χ0v) is 20.1. The predicted octanol–water partition coefficient (Wildman–Crippen LogP) is 2.33. The lowest BCUT2D eigenvalue weighted by atomic mass is 10.2. The van der Waals surface area contributed by atoms with Crippen molar-refractivity contribution < 1.29 is 22.7 Å². The van der Waals surface area contributed by atoms with Crippen molar-refractivity contribution in [2.75, 3.05) is 64.0 Å². The molecule has 3 rings (SSSR count). The molecule has 0 radical (unpaired) electrons. The fraction of sp³-hybridized carbons (Fsp3) is 0.375. The second kappa shape index (κ2) is 11.2. The van der Waals surface area contributed by atoms with Gasteiger partial charge in [-0.2, -0.15) is 0 Å². The van der Waals surface area contributed by atoms with Gasteiger partial charge in [-0.15, -0.1) is 0 Å². The molecule has 0 bridgehead atoms. The molecule has 0 unspecified atom stereocenters.